The molecule has 1 rings (SSSR count). The van der Waals surface area contributed by atoms with Crippen LogP contribution in [0.25, 0.3) is 6.08 Å². The van der Waals surface area contributed by atoms with Gasteiger partial charge in [-0.3, -0.25) is 4.98 Å². The smallest absolute Gasteiger partial charge is 0.0647 e. The van der Waals surface area contributed by atoms with E-state index in [0.29, 0.717) is 5.88 Å². The van der Waals surface area contributed by atoms with E-state index in [-0.39, 0.29) is 0 Å². The summed E-state index contributed by atoms with van der Waals surface area (Å²) in [6, 6.07) is 5.70. The second kappa shape index (κ2) is 3.37. The molecular weight excluding hydrogens is 146 g/mol. The zero-order chi connectivity index (χ0) is 7.40. The quantitative estimate of drug-likeness (QED) is 0.595. The lowest BCUT2D eigenvalue weighted by molar-refractivity contribution is 1.15. The van der Waals surface area contributed by atoms with Gasteiger partial charge in [-0.15, -0.1) is 11.6 Å². The highest BCUT2D eigenvalue weighted by Gasteiger charge is 1.90. The molecule has 0 fully saturated rings. The van der Waals surface area contributed by atoms with E-state index >= 15 is 0 Å². The van der Waals surface area contributed by atoms with Gasteiger partial charge in [-0.1, -0.05) is 12.6 Å². The highest BCUT2D eigenvalue weighted by atomic mass is 35.5. The minimum Gasteiger partial charge on any atom is -0.252 e. The maximum Gasteiger partial charge on any atom is 0.0647 e. The zero-order valence-corrected chi connectivity index (χ0v) is 6.30. The third kappa shape index (κ3) is 1.58. The maximum atomic E-state index is 5.56. The van der Waals surface area contributed by atoms with E-state index in [0.717, 1.165) is 11.4 Å². The third-order valence-electron chi connectivity index (χ3n) is 1.17. The molecule has 0 aromatic carbocycles. The Bertz CT molecular complexity index is 232. The molecule has 1 heterocycles. The van der Waals surface area contributed by atoms with Crippen molar-refractivity contribution in [3.63, 3.8) is 0 Å². The van der Waals surface area contributed by atoms with Gasteiger partial charge in [-0.05, 0) is 18.2 Å². The lowest BCUT2D eigenvalue weighted by Crippen LogP contribution is -1.85. The number of halogens is 1. The monoisotopic (exact) mass is 153 g/mol. The summed E-state index contributed by atoms with van der Waals surface area (Å²) in [6.07, 6.45) is 1.70. The molecule has 0 radical (unpaired) electrons. The van der Waals surface area contributed by atoms with Gasteiger partial charge in [0.25, 0.3) is 0 Å². The second-order valence-electron chi connectivity index (χ2n) is 1.89. The van der Waals surface area contributed by atoms with Crippen molar-refractivity contribution in [1.29, 1.82) is 0 Å². The molecule has 0 amide bonds. The molecule has 0 saturated heterocycles. The minimum atomic E-state index is 0.460. The normalized spacial score (nSPS) is 9.30. The van der Waals surface area contributed by atoms with Gasteiger partial charge in [-0.25, -0.2) is 0 Å². The van der Waals surface area contributed by atoms with Crippen molar-refractivity contribution in [3.05, 3.63) is 36.2 Å². The molecule has 1 aromatic heterocycles. The Morgan fingerprint density at radius 2 is 2.40 bits per heavy atom. The number of pyridine rings is 1. The molecule has 0 atom stereocenters. The third-order valence-corrected chi connectivity index (χ3v) is 1.45. The van der Waals surface area contributed by atoms with Crippen molar-refractivity contribution in [1.82, 2.24) is 4.98 Å². The van der Waals surface area contributed by atoms with Gasteiger partial charge in [0.1, 0.15) is 0 Å². The number of alkyl halides is 1. The van der Waals surface area contributed by atoms with E-state index in [2.05, 4.69) is 11.6 Å². The van der Waals surface area contributed by atoms with Crippen LogP contribution in [0, 0.1) is 0 Å². The first-order valence-corrected chi connectivity index (χ1v) is 3.54. The van der Waals surface area contributed by atoms with Crippen LogP contribution in [0.15, 0.2) is 24.8 Å². The van der Waals surface area contributed by atoms with Crippen LogP contribution in [-0.2, 0) is 5.88 Å². The summed E-state index contributed by atoms with van der Waals surface area (Å²) in [5.41, 5.74) is 1.76. The van der Waals surface area contributed by atoms with Crippen molar-refractivity contribution in [2.45, 2.75) is 5.88 Å². The van der Waals surface area contributed by atoms with Gasteiger partial charge in [-0.2, -0.15) is 0 Å². The molecule has 1 aromatic rings. The summed E-state index contributed by atoms with van der Waals surface area (Å²) in [7, 11) is 0. The SMILES string of the molecule is C=Cc1cccc(CCl)n1. The Morgan fingerprint density at radius 3 is 3.00 bits per heavy atom. The first kappa shape index (κ1) is 7.29. The fourth-order valence-electron chi connectivity index (χ4n) is 0.686. The number of nitrogens with zero attached hydrogens (tertiary/aromatic N) is 1. The van der Waals surface area contributed by atoms with Gasteiger partial charge in [0.15, 0.2) is 0 Å². The molecule has 0 aliphatic carbocycles. The Hall–Kier alpha value is -0.820. The molecule has 2 heteroatoms. The first-order chi connectivity index (χ1) is 4.86. The van der Waals surface area contributed by atoms with Gasteiger partial charge >= 0.3 is 0 Å². The van der Waals surface area contributed by atoms with Crippen LogP contribution in [0.1, 0.15) is 11.4 Å². The molecule has 0 aliphatic heterocycles. The molecule has 0 N–H and O–H groups in total. The van der Waals surface area contributed by atoms with Crippen LogP contribution in [0.5, 0.6) is 0 Å². The average molecular weight is 154 g/mol. The Kier molecular flexibility index (Phi) is 2.46. The van der Waals surface area contributed by atoms with Crippen LogP contribution in [-0.4, -0.2) is 4.98 Å². The Labute approximate surface area is 65.4 Å². The van der Waals surface area contributed by atoms with E-state index in [1.165, 1.54) is 0 Å². The van der Waals surface area contributed by atoms with Gasteiger partial charge < -0.3 is 0 Å². The summed E-state index contributed by atoms with van der Waals surface area (Å²) >= 11 is 5.56. The summed E-state index contributed by atoms with van der Waals surface area (Å²) < 4.78 is 0. The molecule has 0 spiro atoms. The largest absolute Gasteiger partial charge is 0.252 e. The summed E-state index contributed by atoms with van der Waals surface area (Å²) in [4.78, 5) is 4.16. The van der Waals surface area contributed by atoms with Crippen molar-refractivity contribution in [3.8, 4) is 0 Å². The maximum absolute atomic E-state index is 5.56. The number of hydrogen-bond acceptors (Lipinski definition) is 1. The van der Waals surface area contributed by atoms with E-state index in [9.17, 15) is 0 Å². The molecule has 0 saturated carbocycles. The fourth-order valence-corrected chi connectivity index (χ4v) is 0.835. The molecule has 10 heavy (non-hydrogen) atoms. The van der Waals surface area contributed by atoms with Crippen LogP contribution in [0.2, 0.25) is 0 Å². The molecule has 52 valence electrons. The predicted molar refractivity (Wildman–Crippen MR) is 43.9 cm³/mol. The summed E-state index contributed by atoms with van der Waals surface area (Å²) in [6.45, 7) is 3.60. The molecule has 1 nitrogen and oxygen atoms in total. The summed E-state index contributed by atoms with van der Waals surface area (Å²) in [5, 5.41) is 0. The molecular formula is C8H8ClN. The molecule has 0 unspecified atom stereocenters. The highest BCUT2D eigenvalue weighted by Crippen LogP contribution is 2.02. The average Bonchev–Trinajstić information content (AvgIpc) is 2.05. The van der Waals surface area contributed by atoms with Crippen LogP contribution >= 0.6 is 11.6 Å². The zero-order valence-electron chi connectivity index (χ0n) is 5.55. The number of aromatic nitrogens is 1. The Morgan fingerprint density at radius 1 is 1.60 bits per heavy atom. The molecule has 0 bridgehead atoms. The lowest BCUT2D eigenvalue weighted by Gasteiger charge is -1.94. The van der Waals surface area contributed by atoms with Crippen molar-refractivity contribution < 1.29 is 0 Å². The standard InChI is InChI=1S/C8H8ClN/c1-2-7-4-3-5-8(6-9)10-7/h2-5H,1,6H2. The van der Waals surface area contributed by atoms with Crippen molar-refractivity contribution in [2.75, 3.05) is 0 Å². The fraction of sp³-hybridized carbons (Fsp3) is 0.125. The van der Waals surface area contributed by atoms with Crippen LogP contribution in [0.3, 0.4) is 0 Å². The van der Waals surface area contributed by atoms with E-state index in [1.807, 2.05) is 18.2 Å². The minimum absolute atomic E-state index is 0.460. The van der Waals surface area contributed by atoms with Gasteiger partial charge in [0, 0.05) is 0 Å². The van der Waals surface area contributed by atoms with Gasteiger partial charge in [0.05, 0.1) is 17.3 Å². The van der Waals surface area contributed by atoms with Crippen LogP contribution < -0.4 is 0 Å². The van der Waals surface area contributed by atoms with Crippen molar-refractivity contribution in [2.24, 2.45) is 0 Å². The van der Waals surface area contributed by atoms with E-state index in [1.54, 1.807) is 6.08 Å². The second-order valence-corrected chi connectivity index (χ2v) is 2.16. The molecule has 0 aliphatic rings. The van der Waals surface area contributed by atoms with E-state index < -0.39 is 0 Å². The Balaban J connectivity index is 2.98. The van der Waals surface area contributed by atoms with Gasteiger partial charge in [0.2, 0.25) is 0 Å². The van der Waals surface area contributed by atoms with E-state index in [4.69, 9.17) is 11.6 Å². The van der Waals surface area contributed by atoms with Crippen molar-refractivity contribution >= 4 is 17.7 Å². The van der Waals surface area contributed by atoms with Crippen LogP contribution in [0.4, 0.5) is 0 Å². The summed E-state index contributed by atoms with van der Waals surface area (Å²) in [5.74, 6) is 0.460. The lowest BCUT2D eigenvalue weighted by atomic mass is 10.3. The predicted octanol–water partition coefficient (Wildman–Crippen LogP) is 2.46. The number of rotatable bonds is 2. The number of hydrogen-bond donors (Lipinski definition) is 0. The highest BCUT2D eigenvalue weighted by molar-refractivity contribution is 6.16. The topological polar surface area (TPSA) is 12.9 Å². The first-order valence-electron chi connectivity index (χ1n) is 3.01.